The number of nitrogens with zero attached hydrogens (tertiary/aromatic N) is 8. The van der Waals surface area contributed by atoms with Gasteiger partial charge in [-0.05, 0) is 6.42 Å². The molecular formula is C33H49BN12O23P4. The summed E-state index contributed by atoms with van der Waals surface area (Å²) in [7, 11) is -20.5. The first-order valence-corrected chi connectivity index (χ1v) is 26.5. The zero-order valence-electron chi connectivity index (χ0n) is 37.3. The minimum Gasteiger partial charge on any atom is -0.387 e. The SMILES string of the molecule is [BH3-]P(=O)(OC[C@H]1O[C@@H](n2c[n+](C)c3c(=O)[nH]c(N)nc32)[C@H](O)[C@@H]1CC)OP(=O)(O)OP(=O)(O)OC[C@H]1O[C@@H](n2cnc3c(N)ncnc32)[C@H](OC)[C@@H]1OP(=O)(O)OC[C@H]1O[C@@H](n2ccc(=O)[nH]c2=O)[C@H](O)[C@@H]1O. The van der Waals surface area contributed by atoms with Gasteiger partial charge >= 0.3 is 34.7 Å². The molecule has 0 radical (unpaired) electrons. The van der Waals surface area contributed by atoms with E-state index in [4.69, 9.17) is 52.8 Å². The number of aryl methyl sites for hydroxylation is 1. The fourth-order valence-corrected chi connectivity index (χ4v) is 12.3. The van der Waals surface area contributed by atoms with E-state index in [9.17, 15) is 62.6 Å². The summed E-state index contributed by atoms with van der Waals surface area (Å²) in [6.07, 6.45) is -11.8. The Morgan fingerprint density at radius 3 is 2.14 bits per heavy atom. The largest absolute Gasteiger partial charge is 0.485 e. The molecule has 40 heteroatoms. The third kappa shape index (κ3) is 11.5. The Morgan fingerprint density at radius 1 is 0.781 bits per heavy atom. The number of phosphoric acid groups is 3. The van der Waals surface area contributed by atoms with Crippen molar-refractivity contribution in [1.29, 1.82) is 0 Å². The molecule has 3 saturated heterocycles. The molecular weight excluding hydrogens is 1070 g/mol. The minimum atomic E-state index is -5.83. The maximum atomic E-state index is 13.6. The van der Waals surface area contributed by atoms with E-state index >= 15 is 0 Å². The normalized spacial score (nSPS) is 30.9. The molecule has 0 spiro atoms. The molecule has 35 nitrogen and oxygen atoms in total. The molecule has 0 aromatic carbocycles. The lowest BCUT2D eigenvalue weighted by atomic mass is 9.95. The maximum absolute atomic E-state index is 13.6. The van der Waals surface area contributed by atoms with Crippen LogP contribution >= 0.6 is 30.9 Å². The molecule has 12 N–H and O–H groups in total. The van der Waals surface area contributed by atoms with Crippen LogP contribution in [-0.2, 0) is 71.0 Å². The number of ether oxygens (including phenoxy) is 4. The molecule has 0 saturated carbocycles. The molecule has 402 valence electrons. The van der Waals surface area contributed by atoms with Crippen molar-refractivity contribution in [2.45, 2.75) is 80.9 Å². The molecule has 8 heterocycles. The Hall–Kier alpha value is -4.48. The van der Waals surface area contributed by atoms with Gasteiger partial charge in [-0.2, -0.15) is 13.9 Å². The maximum Gasteiger partial charge on any atom is 0.485 e. The number of rotatable bonds is 20. The molecule has 5 aromatic heterocycles. The van der Waals surface area contributed by atoms with Gasteiger partial charge in [-0.1, -0.05) is 6.92 Å². The molecule has 73 heavy (non-hydrogen) atoms. The number of aliphatic hydroxyl groups excluding tert-OH is 3. The van der Waals surface area contributed by atoms with Crippen LogP contribution in [0.5, 0.6) is 0 Å². The van der Waals surface area contributed by atoms with E-state index in [1.807, 2.05) is 4.98 Å². The number of methoxy groups -OCH3 is 1. The smallest absolute Gasteiger partial charge is 0.387 e. The van der Waals surface area contributed by atoms with Crippen molar-refractivity contribution >= 4 is 72.6 Å². The number of H-pyrrole nitrogens is 2. The zero-order valence-corrected chi connectivity index (χ0v) is 40.9. The lowest BCUT2D eigenvalue weighted by Crippen LogP contribution is -2.38. The summed E-state index contributed by atoms with van der Waals surface area (Å²) >= 11 is 0. The number of fused-ring (bicyclic) bond motifs is 2. The second-order valence-electron chi connectivity index (χ2n) is 16.0. The van der Waals surface area contributed by atoms with E-state index in [0.29, 0.717) is 0 Å². The molecule has 16 atom stereocenters. The van der Waals surface area contributed by atoms with Crippen molar-refractivity contribution in [3.05, 3.63) is 62.4 Å². The van der Waals surface area contributed by atoms with E-state index in [0.717, 1.165) is 30.3 Å². The zero-order chi connectivity index (χ0) is 53.1. The van der Waals surface area contributed by atoms with Crippen molar-refractivity contribution < 1.29 is 98.5 Å². The minimum absolute atomic E-state index is 0.0441. The standard InChI is InChI=1S/C33H49BN12O23P4/c1-4-13-14(64-29(20(13)48)46-12-43(2)19-27(46)41-32(36)42-28(19)51)7-61-70(34,53)68-73(58,59)69-72(56,57)63-9-16-23(24(60-3)31(66-16)45-11-39-18-25(35)37-10-38-26(18)45)67-71(54,55)62-8-15-21(49)22(50)30(65-15)44-6-5-17(47)40-33(44)52/h5-6,10-16,20-24,29-31,48-50H,4,7-9H2,1-3,34H3,(H,54,55)(H,56,57)(H,58,59)(H2,35,37,38)(H,40,47,52)(H3,36,41,42,51)/t13-,14-,15-,16-,20-,21-,22-,23-,24-,29-,30-,31-,70?/m1/s1. The Morgan fingerprint density at radius 2 is 1.44 bits per heavy atom. The Bertz CT molecular complexity index is 3250. The van der Waals surface area contributed by atoms with Gasteiger partial charge in [0.2, 0.25) is 18.5 Å². The van der Waals surface area contributed by atoms with Crippen LogP contribution in [0.25, 0.3) is 22.3 Å². The monoisotopic (exact) mass is 1120 g/mol. The molecule has 0 amide bonds. The number of hydrogen-bond acceptors (Lipinski definition) is 26. The Labute approximate surface area is 408 Å². The van der Waals surface area contributed by atoms with Crippen LogP contribution in [0.4, 0.5) is 11.8 Å². The number of nitrogens with two attached hydrogens (primary N) is 2. The fraction of sp³-hybridized carbons (Fsp3) is 0.576. The first-order valence-electron chi connectivity index (χ1n) is 20.9. The van der Waals surface area contributed by atoms with Crippen molar-refractivity contribution in [2.75, 3.05) is 38.4 Å². The number of aliphatic hydroxyl groups is 3. The summed E-state index contributed by atoms with van der Waals surface area (Å²) in [6, 6.07) is 0.940. The van der Waals surface area contributed by atoms with Crippen LogP contribution in [0.15, 0.2) is 45.6 Å². The summed E-state index contributed by atoms with van der Waals surface area (Å²) in [5, 5.41) is 32.6. The highest BCUT2D eigenvalue weighted by Gasteiger charge is 2.53. The topological polar surface area (TPSA) is 487 Å². The van der Waals surface area contributed by atoms with Crippen LogP contribution in [-0.4, -0.2) is 157 Å². The van der Waals surface area contributed by atoms with Crippen molar-refractivity contribution in [3.63, 3.8) is 0 Å². The third-order valence-corrected chi connectivity index (χ3v) is 16.3. The van der Waals surface area contributed by atoms with Crippen LogP contribution in [0.1, 0.15) is 32.0 Å². The number of nitrogens with one attached hydrogen (secondary N) is 2. The van der Waals surface area contributed by atoms with E-state index in [2.05, 4.69) is 29.2 Å². The predicted octanol–water partition coefficient (Wildman–Crippen LogP) is -3.84. The van der Waals surface area contributed by atoms with Gasteiger partial charge in [0.1, 0.15) is 54.6 Å². The predicted molar refractivity (Wildman–Crippen MR) is 243 cm³/mol. The molecule has 0 aliphatic carbocycles. The van der Waals surface area contributed by atoms with Gasteiger partial charge in [-0.15, -0.1) is 0 Å². The molecule has 0 bridgehead atoms. The number of aromatic amines is 2. The highest BCUT2D eigenvalue weighted by Crippen LogP contribution is 2.68. The molecule has 3 fully saturated rings. The van der Waals surface area contributed by atoms with Crippen LogP contribution in [0, 0.1) is 5.92 Å². The lowest BCUT2D eigenvalue weighted by molar-refractivity contribution is -0.646. The summed E-state index contributed by atoms with van der Waals surface area (Å²) in [4.78, 5) is 89.4. The highest BCUT2D eigenvalue weighted by molar-refractivity contribution is 7.84. The number of nitrogen functional groups attached to an aromatic ring is 2. The summed E-state index contributed by atoms with van der Waals surface area (Å²) in [5.41, 5.74) is 9.67. The van der Waals surface area contributed by atoms with Crippen LogP contribution in [0.2, 0.25) is 0 Å². The number of imidazole rings is 2. The van der Waals surface area contributed by atoms with Gasteiger partial charge in [0, 0.05) is 25.3 Å². The Kier molecular flexibility index (Phi) is 15.7. The Balaban J connectivity index is 0.935. The highest BCUT2D eigenvalue weighted by atomic mass is 31.3. The van der Waals surface area contributed by atoms with Gasteiger partial charge in [0.25, 0.3) is 16.7 Å². The van der Waals surface area contributed by atoms with E-state index in [1.54, 1.807) is 14.0 Å². The average Bonchev–Trinajstić information content (AvgIpc) is 4.09. The summed E-state index contributed by atoms with van der Waals surface area (Å²) in [5.74, 6) is -0.957. The van der Waals surface area contributed by atoms with Crippen LogP contribution in [0.3, 0.4) is 0 Å². The molecule has 3 aliphatic heterocycles. The molecule has 3 aliphatic rings. The number of phosphoric ester groups is 2. The van der Waals surface area contributed by atoms with Crippen molar-refractivity contribution in [3.8, 4) is 0 Å². The number of anilines is 2. The lowest BCUT2D eigenvalue weighted by Gasteiger charge is -2.27. The average molecular weight is 1120 g/mol. The van der Waals surface area contributed by atoms with E-state index < -0.39 is 149 Å². The quantitative estimate of drug-likeness (QED) is 0.0203. The van der Waals surface area contributed by atoms with Gasteiger partial charge in [-0.3, -0.25) is 42.3 Å². The number of aromatic nitrogens is 10. The third-order valence-electron chi connectivity index (χ3n) is 11.5. The van der Waals surface area contributed by atoms with Crippen molar-refractivity contribution in [2.24, 2.45) is 13.0 Å². The van der Waals surface area contributed by atoms with Gasteiger partial charge in [-0.25, -0.2) is 42.3 Å². The van der Waals surface area contributed by atoms with Crippen LogP contribution < -0.4 is 32.8 Å². The second-order valence-corrected chi connectivity index (χ2v) is 21.6. The van der Waals surface area contributed by atoms with Gasteiger partial charge in [0.15, 0.2) is 31.4 Å². The van der Waals surface area contributed by atoms with Gasteiger partial charge < -0.3 is 69.5 Å². The van der Waals surface area contributed by atoms with Gasteiger partial charge in [0.05, 0.1) is 46.9 Å². The summed E-state index contributed by atoms with van der Waals surface area (Å²) in [6.45, 7) is -1.01. The molecule has 4 unspecified atom stereocenters. The van der Waals surface area contributed by atoms with E-state index in [1.165, 1.54) is 26.4 Å². The molecule has 8 rings (SSSR count). The first-order chi connectivity index (χ1) is 34.2. The first kappa shape index (κ1) is 54.8. The van der Waals surface area contributed by atoms with Crippen molar-refractivity contribution in [1.82, 2.24) is 43.6 Å². The summed E-state index contributed by atoms with van der Waals surface area (Å²) < 4.78 is 112. The number of hydrogen-bond donors (Lipinski definition) is 10. The van der Waals surface area contributed by atoms with E-state index in [-0.39, 0.29) is 40.5 Å². The second kappa shape index (κ2) is 20.9. The molecule has 5 aromatic rings. The fourth-order valence-electron chi connectivity index (χ4n) is 8.30.